The van der Waals surface area contributed by atoms with Crippen molar-refractivity contribution in [3.63, 3.8) is 0 Å². The normalized spacial score (nSPS) is 19.1. The fourth-order valence-electron chi connectivity index (χ4n) is 2.34. The number of allylic oxidation sites excluding steroid dienone is 1. The van der Waals surface area contributed by atoms with Crippen LogP contribution >= 0.6 is 0 Å². The monoisotopic (exact) mass is 261 g/mol. The van der Waals surface area contributed by atoms with Crippen LogP contribution in [0.25, 0.3) is 0 Å². The lowest BCUT2D eigenvalue weighted by atomic mass is 9.97. The third-order valence-corrected chi connectivity index (χ3v) is 3.62. The predicted octanol–water partition coefficient (Wildman–Crippen LogP) is 2.45. The van der Waals surface area contributed by atoms with Crippen LogP contribution in [-0.4, -0.2) is 16.1 Å². The number of amides is 1. The molecule has 1 amide bonds. The highest BCUT2D eigenvalue weighted by Gasteiger charge is 2.29. The number of hydrogen-bond acceptors (Lipinski definition) is 4. The van der Waals surface area contributed by atoms with Crippen LogP contribution < -0.4 is 5.32 Å². The summed E-state index contributed by atoms with van der Waals surface area (Å²) < 4.78 is 5.50. The third-order valence-electron chi connectivity index (χ3n) is 3.62. The maximum atomic E-state index is 11.8. The molecule has 1 heterocycles. The Morgan fingerprint density at radius 1 is 1.37 bits per heavy atom. The Morgan fingerprint density at radius 3 is 3.00 bits per heavy atom. The number of hydrogen-bond donors (Lipinski definition) is 1. The summed E-state index contributed by atoms with van der Waals surface area (Å²) in [4.78, 5) is 11.8. The topological polar surface area (TPSA) is 68.0 Å². The predicted molar refractivity (Wildman–Crippen MR) is 69.3 cm³/mol. The zero-order chi connectivity index (χ0) is 13.1. The largest absolute Gasteiger partial charge is 0.423 e. The molecule has 19 heavy (non-hydrogen) atoms. The molecule has 1 aromatic heterocycles. The summed E-state index contributed by atoms with van der Waals surface area (Å²) in [5, 5.41) is 10.8. The number of carbonyl (C=O) groups excluding carboxylic acids is 1. The zero-order valence-corrected chi connectivity index (χ0v) is 11.0. The van der Waals surface area contributed by atoms with E-state index < -0.39 is 0 Å². The Hall–Kier alpha value is -1.65. The van der Waals surface area contributed by atoms with Gasteiger partial charge >= 0.3 is 0 Å². The second-order valence-corrected chi connectivity index (χ2v) is 5.37. The van der Waals surface area contributed by atoms with Crippen molar-refractivity contribution in [3.05, 3.63) is 23.4 Å². The molecule has 0 spiro atoms. The molecule has 2 aliphatic carbocycles. The summed E-state index contributed by atoms with van der Waals surface area (Å²) >= 11 is 0. The van der Waals surface area contributed by atoms with E-state index >= 15 is 0 Å². The smallest absolute Gasteiger partial charge is 0.235 e. The van der Waals surface area contributed by atoms with Gasteiger partial charge in [0.15, 0.2) is 0 Å². The molecule has 1 N–H and O–H groups in total. The van der Waals surface area contributed by atoms with E-state index in [1.807, 2.05) is 0 Å². The van der Waals surface area contributed by atoms with E-state index in [9.17, 15) is 4.79 Å². The Bertz CT molecular complexity index is 489. The molecule has 0 saturated heterocycles. The van der Waals surface area contributed by atoms with Crippen LogP contribution in [0.5, 0.6) is 0 Å². The summed E-state index contributed by atoms with van der Waals surface area (Å²) in [6, 6.07) is 0. The van der Waals surface area contributed by atoms with Crippen molar-refractivity contribution < 1.29 is 9.21 Å². The first-order valence-corrected chi connectivity index (χ1v) is 7.08. The third kappa shape index (κ3) is 3.43. The van der Waals surface area contributed by atoms with Crippen molar-refractivity contribution in [1.82, 2.24) is 15.5 Å². The van der Waals surface area contributed by atoms with Crippen molar-refractivity contribution >= 4 is 5.91 Å². The van der Waals surface area contributed by atoms with E-state index in [0.717, 1.165) is 31.6 Å². The lowest BCUT2D eigenvalue weighted by Gasteiger charge is -2.11. The maximum absolute atomic E-state index is 11.8. The highest BCUT2D eigenvalue weighted by molar-refractivity contribution is 5.78. The van der Waals surface area contributed by atoms with Gasteiger partial charge in [-0.1, -0.05) is 11.6 Å². The van der Waals surface area contributed by atoms with Gasteiger partial charge in [-0.25, -0.2) is 0 Å². The lowest BCUT2D eigenvalue weighted by Crippen LogP contribution is -2.23. The fraction of sp³-hybridized carbons (Fsp3) is 0.643. The van der Waals surface area contributed by atoms with Gasteiger partial charge in [-0.15, -0.1) is 10.2 Å². The molecule has 0 atom stereocenters. The summed E-state index contributed by atoms with van der Waals surface area (Å²) in [5.41, 5.74) is 1.26. The van der Waals surface area contributed by atoms with Crippen molar-refractivity contribution in [2.45, 2.75) is 57.4 Å². The van der Waals surface area contributed by atoms with Crippen molar-refractivity contribution in [2.24, 2.45) is 0 Å². The van der Waals surface area contributed by atoms with Crippen molar-refractivity contribution in [1.29, 1.82) is 0 Å². The van der Waals surface area contributed by atoms with Gasteiger partial charge in [-0.2, -0.15) is 0 Å². The molecule has 5 nitrogen and oxygen atoms in total. The molecule has 0 unspecified atom stereocenters. The SMILES string of the molecule is O=C(CC1=CCCCC1)NCc1nnc(C2CC2)o1. The van der Waals surface area contributed by atoms with Crippen LogP contribution in [0.15, 0.2) is 16.1 Å². The summed E-state index contributed by atoms with van der Waals surface area (Å²) in [6.07, 6.45) is 9.59. The van der Waals surface area contributed by atoms with E-state index in [1.165, 1.54) is 18.4 Å². The number of aromatic nitrogens is 2. The van der Waals surface area contributed by atoms with Crippen molar-refractivity contribution in [3.8, 4) is 0 Å². The van der Waals surface area contributed by atoms with E-state index in [0.29, 0.717) is 24.8 Å². The minimum Gasteiger partial charge on any atom is -0.423 e. The van der Waals surface area contributed by atoms with Gasteiger partial charge in [-0.05, 0) is 38.5 Å². The Kier molecular flexibility index (Phi) is 3.62. The molecule has 0 radical (unpaired) electrons. The van der Waals surface area contributed by atoms with Crippen LogP contribution in [0, 0.1) is 0 Å². The molecule has 1 saturated carbocycles. The zero-order valence-electron chi connectivity index (χ0n) is 11.0. The quantitative estimate of drug-likeness (QED) is 0.827. The first-order valence-electron chi connectivity index (χ1n) is 7.08. The fourth-order valence-corrected chi connectivity index (χ4v) is 2.34. The summed E-state index contributed by atoms with van der Waals surface area (Å²) in [6.45, 7) is 0.339. The van der Waals surface area contributed by atoms with Crippen LogP contribution in [-0.2, 0) is 11.3 Å². The van der Waals surface area contributed by atoms with E-state index in [4.69, 9.17) is 4.42 Å². The van der Waals surface area contributed by atoms with Crippen molar-refractivity contribution in [2.75, 3.05) is 0 Å². The minimum atomic E-state index is 0.0410. The van der Waals surface area contributed by atoms with E-state index in [-0.39, 0.29) is 5.91 Å². The first-order chi connectivity index (χ1) is 9.31. The standard InChI is InChI=1S/C14H19N3O2/c18-12(8-10-4-2-1-3-5-10)15-9-13-16-17-14(19-13)11-6-7-11/h4,11H,1-3,5-9H2,(H,15,18). The molecular weight excluding hydrogens is 242 g/mol. The average Bonchev–Trinajstić information content (AvgIpc) is 3.17. The first kappa shape index (κ1) is 12.4. The summed E-state index contributed by atoms with van der Waals surface area (Å²) in [5.74, 6) is 1.73. The molecular formula is C14H19N3O2. The molecule has 5 heteroatoms. The van der Waals surface area contributed by atoms with Gasteiger partial charge in [-0.3, -0.25) is 4.79 Å². The molecule has 1 fully saturated rings. The Labute approximate surface area is 112 Å². The van der Waals surface area contributed by atoms with Gasteiger partial charge in [0.2, 0.25) is 17.7 Å². The van der Waals surface area contributed by atoms with Crippen LogP contribution in [0.4, 0.5) is 0 Å². The Balaban J connectivity index is 1.45. The Morgan fingerprint density at radius 2 is 2.26 bits per heavy atom. The molecule has 2 aliphatic rings. The second kappa shape index (κ2) is 5.55. The molecule has 102 valence electrons. The van der Waals surface area contributed by atoms with Gasteiger partial charge in [0.25, 0.3) is 0 Å². The molecule has 0 aliphatic heterocycles. The molecule has 1 aromatic rings. The van der Waals surface area contributed by atoms with Crippen LogP contribution in [0.2, 0.25) is 0 Å². The number of carbonyl (C=O) groups is 1. The highest BCUT2D eigenvalue weighted by Crippen LogP contribution is 2.38. The van der Waals surface area contributed by atoms with Gasteiger partial charge in [0.05, 0.1) is 6.54 Å². The second-order valence-electron chi connectivity index (χ2n) is 5.37. The minimum absolute atomic E-state index is 0.0410. The lowest BCUT2D eigenvalue weighted by molar-refractivity contribution is -0.120. The molecule has 3 rings (SSSR count). The summed E-state index contributed by atoms with van der Waals surface area (Å²) in [7, 11) is 0. The molecule has 0 bridgehead atoms. The number of rotatable bonds is 5. The maximum Gasteiger partial charge on any atom is 0.235 e. The van der Waals surface area contributed by atoms with Crippen LogP contribution in [0.3, 0.4) is 0 Å². The van der Waals surface area contributed by atoms with E-state index in [1.54, 1.807) is 0 Å². The number of nitrogens with zero attached hydrogens (tertiary/aromatic N) is 2. The van der Waals surface area contributed by atoms with Crippen LogP contribution in [0.1, 0.15) is 62.6 Å². The average molecular weight is 261 g/mol. The van der Waals surface area contributed by atoms with Gasteiger partial charge < -0.3 is 9.73 Å². The van der Waals surface area contributed by atoms with Gasteiger partial charge in [0, 0.05) is 12.3 Å². The van der Waals surface area contributed by atoms with Gasteiger partial charge in [0.1, 0.15) is 0 Å². The molecule has 0 aromatic carbocycles. The highest BCUT2D eigenvalue weighted by atomic mass is 16.4. The number of nitrogens with one attached hydrogen (secondary N) is 1. The van der Waals surface area contributed by atoms with E-state index in [2.05, 4.69) is 21.6 Å².